The first kappa shape index (κ1) is 13.9. The van der Waals surface area contributed by atoms with Gasteiger partial charge in [0, 0.05) is 5.69 Å². The number of amides is 1. The molecule has 0 aliphatic carbocycles. The van der Waals surface area contributed by atoms with Crippen molar-refractivity contribution in [1.29, 1.82) is 0 Å². The van der Waals surface area contributed by atoms with Crippen molar-refractivity contribution in [3.63, 3.8) is 0 Å². The molecule has 0 fully saturated rings. The highest BCUT2D eigenvalue weighted by Gasteiger charge is 2.03. The number of hydrogen-bond acceptors (Lipinski definition) is 3. The highest BCUT2D eigenvalue weighted by atomic mass is 16.6. The van der Waals surface area contributed by atoms with Crippen LogP contribution in [0.2, 0.25) is 0 Å². The highest BCUT2D eigenvalue weighted by Crippen LogP contribution is 2.10. The predicted molar refractivity (Wildman–Crippen MR) is 78.1 cm³/mol. The summed E-state index contributed by atoms with van der Waals surface area (Å²) in [4.78, 5) is 11.5. The molecule has 0 spiro atoms. The van der Waals surface area contributed by atoms with Crippen LogP contribution < -0.4 is 10.1 Å². The second kappa shape index (κ2) is 7.19. The lowest BCUT2D eigenvalue weighted by molar-refractivity contribution is 0.138. The van der Waals surface area contributed by atoms with Crippen LogP contribution >= 0.6 is 0 Å². The largest absolute Gasteiger partial charge is 0.490 e. The van der Waals surface area contributed by atoms with E-state index in [9.17, 15) is 4.79 Å². The third-order valence-corrected chi connectivity index (χ3v) is 2.59. The fraction of sp³-hybridized carbons (Fsp3) is 0.188. The monoisotopic (exact) mass is 271 g/mol. The van der Waals surface area contributed by atoms with Gasteiger partial charge in [0.1, 0.15) is 19.0 Å². The minimum atomic E-state index is -0.479. The molecule has 1 N–H and O–H groups in total. The molecule has 0 atom stereocenters. The molecule has 1 amide bonds. The van der Waals surface area contributed by atoms with Crippen LogP contribution in [0.15, 0.2) is 54.6 Å². The van der Waals surface area contributed by atoms with Crippen molar-refractivity contribution in [3.8, 4) is 5.75 Å². The van der Waals surface area contributed by atoms with Gasteiger partial charge in [0.05, 0.1) is 0 Å². The van der Waals surface area contributed by atoms with E-state index in [4.69, 9.17) is 9.47 Å². The molecule has 0 saturated carbocycles. The number of carbonyl (C=O) groups excluding carboxylic acids is 1. The molecule has 2 rings (SSSR count). The van der Waals surface area contributed by atoms with Crippen LogP contribution in [-0.2, 0) is 4.74 Å². The third-order valence-electron chi connectivity index (χ3n) is 2.59. The van der Waals surface area contributed by atoms with Gasteiger partial charge in [-0.05, 0) is 36.8 Å². The first-order valence-electron chi connectivity index (χ1n) is 6.42. The summed E-state index contributed by atoms with van der Waals surface area (Å²) in [7, 11) is 0. The van der Waals surface area contributed by atoms with Gasteiger partial charge < -0.3 is 9.47 Å². The van der Waals surface area contributed by atoms with Gasteiger partial charge in [-0.2, -0.15) is 0 Å². The van der Waals surface area contributed by atoms with Gasteiger partial charge in [0.15, 0.2) is 0 Å². The summed E-state index contributed by atoms with van der Waals surface area (Å²) in [6.45, 7) is 2.49. The minimum Gasteiger partial charge on any atom is -0.490 e. The topological polar surface area (TPSA) is 47.6 Å². The molecule has 0 aromatic heterocycles. The van der Waals surface area contributed by atoms with Crippen molar-refractivity contribution in [2.24, 2.45) is 0 Å². The van der Waals surface area contributed by atoms with Crippen LogP contribution in [0.1, 0.15) is 5.56 Å². The van der Waals surface area contributed by atoms with Gasteiger partial charge in [-0.15, -0.1) is 0 Å². The molecular weight excluding hydrogens is 254 g/mol. The second-order valence-corrected chi connectivity index (χ2v) is 4.29. The molecule has 0 aliphatic heterocycles. The first-order valence-corrected chi connectivity index (χ1v) is 6.42. The van der Waals surface area contributed by atoms with Crippen LogP contribution in [-0.4, -0.2) is 19.3 Å². The minimum absolute atomic E-state index is 0.201. The zero-order valence-electron chi connectivity index (χ0n) is 11.3. The van der Waals surface area contributed by atoms with Crippen LogP contribution in [0.3, 0.4) is 0 Å². The number of anilines is 1. The first-order chi connectivity index (χ1) is 9.74. The standard InChI is InChI=1S/C16H17NO3/c1-13-6-5-7-14(12-13)17-16(18)20-11-10-19-15-8-3-2-4-9-15/h2-9,12H,10-11H2,1H3,(H,17,18). The maximum absolute atomic E-state index is 11.5. The smallest absolute Gasteiger partial charge is 0.411 e. The maximum atomic E-state index is 11.5. The fourth-order valence-electron chi connectivity index (χ4n) is 1.69. The fourth-order valence-corrected chi connectivity index (χ4v) is 1.69. The molecule has 0 unspecified atom stereocenters. The van der Waals surface area contributed by atoms with Crippen molar-refractivity contribution in [2.75, 3.05) is 18.5 Å². The highest BCUT2D eigenvalue weighted by molar-refractivity contribution is 5.84. The second-order valence-electron chi connectivity index (χ2n) is 4.29. The molecule has 0 aliphatic rings. The number of rotatable bonds is 5. The van der Waals surface area contributed by atoms with Crippen molar-refractivity contribution in [2.45, 2.75) is 6.92 Å². The van der Waals surface area contributed by atoms with Crippen LogP contribution in [0.25, 0.3) is 0 Å². The molecule has 0 bridgehead atoms. The lowest BCUT2D eigenvalue weighted by Crippen LogP contribution is -2.17. The number of carbonyl (C=O) groups is 1. The zero-order valence-corrected chi connectivity index (χ0v) is 11.3. The molecule has 0 saturated heterocycles. The Labute approximate surface area is 118 Å². The maximum Gasteiger partial charge on any atom is 0.411 e. The Hall–Kier alpha value is -2.49. The molecule has 2 aromatic carbocycles. The summed E-state index contributed by atoms with van der Waals surface area (Å²) in [6.07, 6.45) is -0.479. The number of para-hydroxylation sites is 1. The average molecular weight is 271 g/mol. The SMILES string of the molecule is Cc1cccc(NC(=O)OCCOc2ccccc2)c1. The molecular formula is C16H17NO3. The van der Waals surface area contributed by atoms with Gasteiger partial charge in [-0.25, -0.2) is 4.79 Å². The Morgan fingerprint density at radius 1 is 1.05 bits per heavy atom. The molecule has 4 nitrogen and oxygen atoms in total. The summed E-state index contributed by atoms with van der Waals surface area (Å²) in [5, 5.41) is 2.66. The van der Waals surface area contributed by atoms with Gasteiger partial charge in [-0.3, -0.25) is 5.32 Å². The Balaban J connectivity index is 1.68. The van der Waals surface area contributed by atoms with E-state index in [-0.39, 0.29) is 6.61 Å². The van der Waals surface area contributed by atoms with E-state index >= 15 is 0 Å². The lowest BCUT2D eigenvalue weighted by Gasteiger charge is -2.08. The molecule has 0 radical (unpaired) electrons. The Morgan fingerprint density at radius 3 is 2.60 bits per heavy atom. The van der Waals surface area contributed by atoms with Crippen LogP contribution in [0, 0.1) is 6.92 Å². The van der Waals surface area contributed by atoms with E-state index in [1.165, 1.54) is 0 Å². The summed E-state index contributed by atoms with van der Waals surface area (Å²) < 4.78 is 10.5. The summed E-state index contributed by atoms with van der Waals surface area (Å²) >= 11 is 0. The normalized spacial score (nSPS) is 9.85. The number of nitrogens with one attached hydrogen (secondary N) is 1. The molecule has 0 heterocycles. The Bertz CT molecular complexity index is 555. The van der Waals surface area contributed by atoms with Gasteiger partial charge in [0.25, 0.3) is 0 Å². The zero-order chi connectivity index (χ0) is 14.2. The van der Waals surface area contributed by atoms with Crippen molar-refractivity contribution in [3.05, 3.63) is 60.2 Å². The van der Waals surface area contributed by atoms with Crippen LogP contribution in [0.4, 0.5) is 10.5 Å². The Morgan fingerprint density at radius 2 is 1.85 bits per heavy atom. The number of ether oxygens (including phenoxy) is 2. The van der Waals surface area contributed by atoms with E-state index in [2.05, 4.69) is 5.32 Å². The summed E-state index contributed by atoms with van der Waals surface area (Å²) in [6, 6.07) is 16.9. The van der Waals surface area contributed by atoms with Crippen LogP contribution in [0.5, 0.6) is 5.75 Å². The number of hydrogen-bond donors (Lipinski definition) is 1. The molecule has 104 valence electrons. The van der Waals surface area contributed by atoms with Crippen molar-refractivity contribution < 1.29 is 14.3 Å². The Kier molecular flexibility index (Phi) is 5.00. The predicted octanol–water partition coefficient (Wildman–Crippen LogP) is 3.62. The van der Waals surface area contributed by atoms with E-state index in [0.29, 0.717) is 6.61 Å². The number of aryl methyl sites for hydroxylation is 1. The van der Waals surface area contributed by atoms with E-state index < -0.39 is 6.09 Å². The number of benzene rings is 2. The van der Waals surface area contributed by atoms with Crippen molar-refractivity contribution in [1.82, 2.24) is 0 Å². The summed E-state index contributed by atoms with van der Waals surface area (Å²) in [5.74, 6) is 0.759. The van der Waals surface area contributed by atoms with Gasteiger partial charge in [0.2, 0.25) is 0 Å². The molecule has 2 aromatic rings. The lowest BCUT2D eigenvalue weighted by atomic mass is 10.2. The van der Waals surface area contributed by atoms with Gasteiger partial charge in [-0.1, -0.05) is 30.3 Å². The van der Waals surface area contributed by atoms with E-state index in [0.717, 1.165) is 17.0 Å². The van der Waals surface area contributed by atoms with Gasteiger partial charge >= 0.3 is 6.09 Å². The van der Waals surface area contributed by atoms with Crippen molar-refractivity contribution >= 4 is 11.8 Å². The molecule has 4 heteroatoms. The molecule has 20 heavy (non-hydrogen) atoms. The third kappa shape index (κ3) is 4.65. The van der Waals surface area contributed by atoms with E-state index in [1.807, 2.05) is 61.5 Å². The summed E-state index contributed by atoms with van der Waals surface area (Å²) in [5.41, 5.74) is 1.80. The van der Waals surface area contributed by atoms with E-state index in [1.54, 1.807) is 0 Å². The quantitative estimate of drug-likeness (QED) is 0.845. The average Bonchev–Trinajstić information content (AvgIpc) is 2.45.